The number of hydrogen-bond donors (Lipinski definition) is 1. The molecule has 0 spiro atoms. The summed E-state index contributed by atoms with van der Waals surface area (Å²) in [6, 6.07) is 5.66. The first-order chi connectivity index (χ1) is 12.2. The highest BCUT2D eigenvalue weighted by Crippen LogP contribution is 2.32. The number of amides is 1. The first kappa shape index (κ1) is 18.0. The number of morpholine rings is 1. The third kappa shape index (κ3) is 4.25. The summed E-state index contributed by atoms with van der Waals surface area (Å²) in [5.41, 5.74) is 0.606. The predicted molar refractivity (Wildman–Crippen MR) is 95.2 cm³/mol. The molecule has 25 heavy (non-hydrogen) atoms. The second-order valence-corrected chi connectivity index (χ2v) is 6.57. The molecule has 1 N–H and O–H groups in total. The van der Waals surface area contributed by atoms with Crippen molar-refractivity contribution in [1.82, 2.24) is 10.2 Å². The van der Waals surface area contributed by atoms with E-state index in [1.807, 2.05) is 0 Å². The maximum Gasteiger partial charge on any atom is 0.251 e. The SMILES string of the molecule is CCC(CC)C(CNC(=O)c1ccc2c(c1)OCO2)N1CCOCC1. The van der Waals surface area contributed by atoms with Gasteiger partial charge < -0.3 is 19.5 Å². The van der Waals surface area contributed by atoms with Gasteiger partial charge in [0.05, 0.1) is 13.2 Å². The largest absolute Gasteiger partial charge is 0.454 e. The maximum atomic E-state index is 12.6. The highest BCUT2D eigenvalue weighted by atomic mass is 16.7. The monoisotopic (exact) mass is 348 g/mol. The van der Waals surface area contributed by atoms with Gasteiger partial charge in [0.25, 0.3) is 5.91 Å². The number of carbonyl (C=O) groups excluding carboxylic acids is 1. The van der Waals surface area contributed by atoms with Crippen molar-refractivity contribution in [3.8, 4) is 11.5 Å². The van der Waals surface area contributed by atoms with E-state index in [4.69, 9.17) is 14.2 Å². The van der Waals surface area contributed by atoms with Crippen LogP contribution < -0.4 is 14.8 Å². The zero-order chi connectivity index (χ0) is 17.6. The fourth-order valence-corrected chi connectivity index (χ4v) is 3.67. The average Bonchev–Trinajstić information content (AvgIpc) is 3.13. The molecule has 0 bridgehead atoms. The second-order valence-electron chi connectivity index (χ2n) is 6.57. The quantitative estimate of drug-likeness (QED) is 0.819. The number of fused-ring (bicyclic) bond motifs is 1. The molecule has 1 unspecified atom stereocenters. The minimum atomic E-state index is -0.0671. The molecule has 6 heteroatoms. The van der Waals surface area contributed by atoms with Gasteiger partial charge in [0.2, 0.25) is 6.79 Å². The normalized spacial score (nSPS) is 18.4. The zero-order valence-corrected chi connectivity index (χ0v) is 15.1. The lowest BCUT2D eigenvalue weighted by Gasteiger charge is -2.38. The Balaban J connectivity index is 1.64. The van der Waals surface area contributed by atoms with Crippen LogP contribution in [0.3, 0.4) is 0 Å². The van der Waals surface area contributed by atoms with Crippen LogP contribution in [0.4, 0.5) is 0 Å². The van der Waals surface area contributed by atoms with Gasteiger partial charge in [-0.05, 0) is 24.1 Å². The van der Waals surface area contributed by atoms with Crippen LogP contribution in [0.2, 0.25) is 0 Å². The van der Waals surface area contributed by atoms with Crippen molar-refractivity contribution in [2.75, 3.05) is 39.6 Å². The average molecular weight is 348 g/mol. The molecular formula is C19H28N2O4. The molecule has 1 amide bonds. The third-order valence-corrected chi connectivity index (χ3v) is 5.21. The number of rotatable bonds is 7. The highest BCUT2D eigenvalue weighted by Gasteiger charge is 2.27. The fraction of sp³-hybridized carbons (Fsp3) is 0.632. The second kappa shape index (κ2) is 8.54. The molecule has 6 nitrogen and oxygen atoms in total. The first-order valence-corrected chi connectivity index (χ1v) is 9.22. The maximum absolute atomic E-state index is 12.6. The van der Waals surface area contributed by atoms with Crippen LogP contribution >= 0.6 is 0 Å². The van der Waals surface area contributed by atoms with Crippen LogP contribution in [-0.4, -0.2) is 56.5 Å². The molecule has 138 valence electrons. The molecule has 1 aromatic rings. The minimum absolute atomic E-state index is 0.0671. The Morgan fingerprint density at radius 2 is 1.88 bits per heavy atom. The summed E-state index contributed by atoms with van der Waals surface area (Å²) in [7, 11) is 0. The van der Waals surface area contributed by atoms with Gasteiger partial charge in [-0.25, -0.2) is 0 Å². The van der Waals surface area contributed by atoms with E-state index in [1.54, 1.807) is 18.2 Å². The Kier molecular flexibility index (Phi) is 6.15. The molecule has 0 aromatic heterocycles. The van der Waals surface area contributed by atoms with Crippen molar-refractivity contribution < 1.29 is 19.0 Å². The van der Waals surface area contributed by atoms with Crippen LogP contribution in [0.5, 0.6) is 11.5 Å². The summed E-state index contributed by atoms with van der Waals surface area (Å²) in [4.78, 5) is 15.0. The van der Waals surface area contributed by atoms with Crippen LogP contribution in [0.15, 0.2) is 18.2 Å². The van der Waals surface area contributed by atoms with Crippen molar-refractivity contribution in [3.63, 3.8) is 0 Å². The van der Waals surface area contributed by atoms with Gasteiger partial charge in [-0.15, -0.1) is 0 Å². The number of ether oxygens (including phenoxy) is 3. The van der Waals surface area contributed by atoms with E-state index in [9.17, 15) is 4.79 Å². The van der Waals surface area contributed by atoms with Gasteiger partial charge in [0.15, 0.2) is 11.5 Å². The van der Waals surface area contributed by atoms with Crippen molar-refractivity contribution in [1.29, 1.82) is 0 Å². The van der Waals surface area contributed by atoms with E-state index >= 15 is 0 Å². The lowest BCUT2D eigenvalue weighted by atomic mass is 9.92. The Hall–Kier alpha value is -1.79. The molecule has 2 heterocycles. The van der Waals surface area contributed by atoms with E-state index in [0.29, 0.717) is 35.6 Å². The molecule has 2 aliphatic heterocycles. The Labute approximate surface area is 149 Å². The van der Waals surface area contributed by atoms with Crippen molar-refractivity contribution in [3.05, 3.63) is 23.8 Å². The number of benzene rings is 1. The van der Waals surface area contributed by atoms with E-state index < -0.39 is 0 Å². The van der Waals surface area contributed by atoms with Gasteiger partial charge >= 0.3 is 0 Å². The molecule has 3 rings (SSSR count). The standard InChI is InChI=1S/C19H28N2O4/c1-3-14(4-2)16(21-7-9-23-10-8-21)12-20-19(22)15-5-6-17-18(11-15)25-13-24-17/h5-6,11,14,16H,3-4,7-10,12-13H2,1-2H3,(H,20,22). The topological polar surface area (TPSA) is 60.0 Å². The van der Waals surface area contributed by atoms with Gasteiger partial charge in [-0.1, -0.05) is 26.7 Å². The van der Waals surface area contributed by atoms with Crippen molar-refractivity contribution in [2.24, 2.45) is 5.92 Å². The number of nitrogens with zero attached hydrogens (tertiary/aromatic N) is 1. The summed E-state index contributed by atoms with van der Waals surface area (Å²) < 4.78 is 16.1. The fourth-order valence-electron chi connectivity index (χ4n) is 3.67. The summed E-state index contributed by atoms with van der Waals surface area (Å²) in [5, 5.41) is 3.12. The number of hydrogen-bond acceptors (Lipinski definition) is 5. The lowest BCUT2D eigenvalue weighted by Crippen LogP contribution is -2.52. The summed E-state index contributed by atoms with van der Waals surface area (Å²) >= 11 is 0. The first-order valence-electron chi connectivity index (χ1n) is 9.22. The number of carbonyl (C=O) groups is 1. The van der Waals surface area contributed by atoms with Crippen LogP contribution in [0.25, 0.3) is 0 Å². The zero-order valence-electron chi connectivity index (χ0n) is 15.1. The van der Waals surface area contributed by atoms with Crippen LogP contribution in [0, 0.1) is 5.92 Å². The molecule has 1 saturated heterocycles. The van der Waals surface area contributed by atoms with E-state index in [0.717, 1.165) is 39.1 Å². The molecule has 2 aliphatic rings. The third-order valence-electron chi connectivity index (χ3n) is 5.21. The summed E-state index contributed by atoms with van der Waals surface area (Å²) in [5.74, 6) is 1.83. The van der Waals surface area contributed by atoms with E-state index in [1.165, 1.54) is 0 Å². The molecule has 1 aromatic carbocycles. The summed E-state index contributed by atoms with van der Waals surface area (Å²) in [6.45, 7) is 8.72. The van der Waals surface area contributed by atoms with Gasteiger partial charge in [0, 0.05) is 31.2 Å². The number of nitrogens with one attached hydrogen (secondary N) is 1. The Bertz CT molecular complexity index is 583. The minimum Gasteiger partial charge on any atom is -0.454 e. The van der Waals surface area contributed by atoms with Gasteiger partial charge in [-0.3, -0.25) is 9.69 Å². The van der Waals surface area contributed by atoms with Crippen molar-refractivity contribution >= 4 is 5.91 Å². The molecule has 1 fully saturated rings. The Morgan fingerprint density at radius 3 is 2.60 bits per heavy atom. The van der Waals surface area contributed by atoms with Gasteiger partial charge in [-0.2, -0.15) is 0 Å². The summed E-state index contributed by atoms with van der Waals surface area (Å²) in [6.07, 6.45) is 2.22. The molecular weight excluding hydrogens is 320 g/mol. The van der Waals surface area contributed by atoms with Crippen LogP contribution in [-0.2, 0) is 4.74 Å². The Morgan fingerprint density at radius 1 is 1.16 bits per heavy atom. The van der Waals surface area contributed by atoms with Crippen LogP contribution in [0.1, 0.15) is 37.0 Å². The lowest BCUT2D eigenvalue weighted by molar-refractivity contribution is 0.00191. The smallest absolute Gasteiger partial charge is 0.251 e. The predicted octanol–water partition coefficient (Wildman–Crippen LogP) is 2.28. The van der Waals surface area contributed by atoms with E-state index in [-0.39, 0.29) is 12.7 Å². The molecule has 0 radical (unpaired) electrons. The molecule has 1 atom stereocenters. The molecule has 0 saturated carbocycles. The van der Waals surface area contributed by atoms with Crippen molar-refractivity contribution in [2.45, 2.75) is 32.7 Å². The van der Waals surface area contributed by atoms with E-state index in [2.05, 4.69) is 24.1 Å². The van der Waals surface area contributed by atoms with Gasteiger partial charge in [0.1, 0.15) is 0 Å². The highest BCUT2D eigenvalue weighted by molar-refractivity contribution is 5.94. The molecule has 0 aliphatic carbocycles.